The first-order chi connectivity index (χ1) is 7.74. The van der Waals surface area contributed by atoms with Crippen molar-refractivity contribution in [1.29, 1.82) is 0 Å². The van der Waals surface area contributed by atoms with E-state index in [9.17, 15) is 0 Å². The van der Waals surface area contributed by atoms with Crippen molar-refractivity contribution in [2.24, 2.45) is 0 Å². The molecular weight excluding hydrogens is 200 g/mol. The summed E-state index contributed by atoms with van der Waals surface area (Å²) >= 11 is 0. The highest BCUT2D eigenvalue weighted by Crippen LogP contribution is 2.21. The highest BCUT2D eigenvalue weighted by atomic mass is 16.5. The van der Waals surface area contributed by atoms with Crippen LogP contribution in [-0.2, 0) is 6.54 Å². The molecule has 0 aliphatic carbocycles. The Morgan fingerprint density at radius 3 is 2.88 bits per heavy atom. The van der Waals surface area contributed by atoms with Crippen LogP contribution in [0, 0.1) is 0 Å². The molecule has 0 fully saturated rings. The molecule has 1 atom stereocenters. The van der Waals surface area contributed by atoms with Crippen molar-refractivity contribution in [2.45, 2.75) is 19.5 Å². The van der Waals surface area contributed by atoms with Crippen LogP contribution in [0.4, 0.5) is 0 Å². The Morgan fingerprint density at radius 1 is 1.38 bits per heavy atom. The summed E-state index contributed by atoms with van der Waals surface area (Å²) in [6.45, 7) is 3.15. The van der Waals surface area contributed by atoms with E-state index in [0.29, 0.717) is 6.04 Å². The van der Waals surface area contributed by atoms with Gasteiger partial charge >= 0.3 is 0 Å². The van der Waals surface area contributed by atoms with E-state index in [0.717, 1.165) is 12.3 Å². The van der Waals surface area contributed by atoms with Gasteiger partial charge in [-0.2, -0.15) is 0 Å². The molecule has 2 aromatic rings. The number of nitrogens with one attached hydrogen (secondary N) is 1. The van der Waals surface area contributed by atoms with Crippen LogP contribution in [0.5, 0.6) is 5.75 Å². The maximum Gasteiger partial charge on any atom is 0.119 e. The molecule has 0 aliphatic heterocycles. The van der Waals surface area contributed by atoms with Gasteiger partial charge in [-0.3, -0.25) is 0 Å². The number of hydrogen-bond acceptors (Lipinski definition) is 2. The van der Waals surface area contributed by atoms with Crippen molar-refractivity contribution < 1.29 is 4.74 Å². The van der Waals surface area contributed by atoms with Crippen LogP contribution in [0.25, 0.3) is 10.9 Å². The monoisotopic (exact) mass is 218 g/mol. The summed E-state index contributed by atoms with van der Waals surface area (Å²) < 4.78 is 7.47. The van der Waals surface area contributed by atoms with Gasteiger partial charge < -0.3 is 14.6 Å². The number of methoxy groups -OCH3 is 1. The average molecular weight is 218 g/mol. The Bertz CT molecular complexity index is 476. The summed E-state index contributed by atoms with van der Waals surface area (Å²) in [6.07, 6.45) is 2.12. The van der Waals surface area contributed by atoms with Gasteiger partial charge in [-0.1, -0.05) is 0 Å². The zero-order chi connectivity index (χ0) is 11.5. The first-order valence-electron chi connectivity index (χ1n) is 5.54. The minimum absolute atomic E-state index is 0.470. The predicted octanol–water partition coefficient (Wildman–Crippen LogP) is 2.26. The molecule has 0 amide bonds. The number of rotatable bonds is 4. The molecule has 1 unspecified atom stereocenters. The molecule has 2 rings (SSSR count). The van der Waals surface area contributed by atoms with Gasteiger partial charge in [0.15, 0.2) is 0 Å². The predicted molar refractivity (Wildman–Crippen MR) is 67.0 cm³/mol. The molecule has 0 saturated carbocycles. The largest absolute Gasteiger partial charge is 0.497 e. The standard InChI is InChI=1S/C13H18N2O/c1-10(14-2)9-15-7-6-11-8-12(16-3)4-5-13(11)15/h4-8,10,14H,9H2,1-3H3. The summed E-state index contributed by atoms with van der Waals surface area (Å²) in [5, 5.41) is 4.47. The maximum atomic E-state index is 5.21. The van der Waals surface area contributed by atoms with Gasteiger partial charge in [-0.25, -0.2) is 0 Å². The molecule has 86 valence electrons. The van der Waals surface area contributed by atoms with E-state index >= 15 is 0 Å². The second-order valence-electron chi connectivity index (χ2n) is 4.08. The first kappa shape index (κ1) is 11.0. The van der Waals surface area contributed by atoms with Gasteiger partial charge in [-0.05, 0) is 38.2 Å². The molecule has 0 saturated heterocycles. The van der Waals surface area contributed by atoms with E-state index in [1.54, 1.807) is 7.11 Å². The van der Waals surface area contributed by atoms with Crippen LogP contribution in [0.2, 0.25) is 0 Å². The fourth-order valence-corrected chi connectivity index (χ4v) is 1.85. The Hall–Kier alpha value is -1.48. The van der Waals surface area contributed by atoms with E-state index in [2.05, 4.69) is 41.2 Å². The number of nitrogens with zero attached hydrogens (tertiary/aromatic N) is 1. The van der Waals surface area contributed by atoms with Crippen molar-refractivity contribution in [2.75, 3.05) is 14.2 Å². The van der Waals surface area contributed by atoms with Gasteiger partial charge in [-0.15, -0.1) is 0 Å². The fourth-order valence-electron chi connectivity index (χ4n) is 1.85. The minimum atomic E-state index is 0.470. The SMILES string of the molecule is CNC(C)Cn1ccc2cc(OC)ccc21. The highest BCUT2D eigenvalue weighted by molar-refractivity contribution is 5.81. The quantitative estimate of drug-likeness (QED) is 0.852. The molecule has 3 nitrogen and oxygen atoms in total. The zero-order valence-electron chi connectivity index (χ0n) is 10.0. The molecule has 0 spiro atoms. The second kappa shape index (κ2) is 4.58. The van der Waals surface area contributed by atoms with Gasteiger partial charge in [0.25, 0.3) is 0 Å². The number of likely N-dealkylation sites (N-methyl/N-ethyl adjacent to an activating group) is 1. The number of aromatic nitrogens is 1. The third-order valence-electron chi connectivity index (χ3n) is 2.94. The summed E-state index contributed by atoms with van der Waals surface area (Å²) in [7, 11) is 3.68. The zero-order valence-corrected chi connectivity index (χ0v) is 10.0. The molecule has 1 heterocycles. The summed E-state index contributed by atoms with van der Waals surface area (Å²) in [4.78, 5) is 0. The van der Waals surface area contributed by atoms with Crippen LogP contribution >= 0.6 is 0 Å². The van der Waals surface area contributed by atoms with E-state index in [1.807, 2.05) is 13.1 Å². The molecular formula is C13H18N2O. The lowest BCUT2D eigenvalue weighted by molar-refractivity contribution is 0.415. The normalized spacial score (nSPS) is 12.9. The Kier molecular flexibility index (Phi) is 3.15. The van der Waals surface area contributed by atoms with Crippen molar-refractivity contribution in [3.8, 4) is 5.75 Å². The molecule has 0 bridgehead atoms. The van der Waals surface area contributed by atoms with Crippen molar-refractivity contribution in [1.82, 2.24) is 9.88 Å². The van der Waals surface area contributed by atoms with Crippen LogP contribution in [0.3, 0.4) is 0 Å². The number of fused-ring (bicyclic) bond motifs is 1. The van der Waals surface area contributed by atoms with Crippen molar-refractivity contribution in [3.05, 3.63) is 30.5 Å². The van der Waals surface area contributed by atoms with E-state index < -0.39 is 0 Å². The lowest BCUT2D eigenvalue weighted by atomic mass is 10.2. The lowest BCUT2D eigenvalue weighted by Crippen LogP contribution is -2.26. The lowest BCUT2D eigenvalue weighted by Gasteiger charge is -2.12. The van der Waals surface area contributed by atoms with E-state index in [4.69, 9.17) is 4.74 Å². The molecule has 0 radical (unpaired) electrons. The molecule has 16 heavy (non-hydrogen) atoms. The Morgan fingerprint density at radius 2 is 2.19 bits per heavy atom. The molecule has 3 heteroatoms. The van der Waals surface area contributed by atoms with Crippen LogP contribution < -0.4 is 10.1 Å². The highest BCUT2D eigenvalue weighted by Gasteiger charge is 2.05. The Labute approximate surface area is 96.0 Å². The van der Waals surface area contributed by atoms with Gasteiger partial charge in [0.05, 0.1) is 7.11 Å². The van der Waals surface area contributed by atoms with Crippen molar-refractivity contribution >= 4 is 10.9 Å². The molecule has 1 N–H and O–H groups in total. The average Bonchev–Trinajstić information content (AvgIpc) is 2.71. The van der Waals surface area contributed by atoms with Crippen LogP contribution in [-0.4, -0.2) is 24.8 Å². The summed E-state index contributed by atoms with van der Waals surface area (Å²) in [5.41, 5.74) is 1.25. The van der Waals surface area contributed by atoms with Crippen LogP contribution in [0.1, 0.15) is 6.92 Å². The molecule has 0 aliphatic rings. The van der Waals surface area contributed by atoms with Crippen LogP contribution in [0.15, 0.2) is 30.5 Å². The second-order valence-corrected chi connectivity index (χ2v) is 4.08. The van der Waals surface area contributed by atoms with E-state index in [-0.39, 0.29) is 0 Å². The van der Waals surface area contributed by atoms with E-state index in [1.165, 1.54) is 10.9 Å². The summed E-state index contributed by atoms with van der Waals surface area (Å²) in [6, 6.07) is 8.77. The Balaban J connectivity index is 2.34. The number of hydrogen-bond donors (Lipinski definition) is 1. The van der Waals surface area contributed by atoms with Gasteiger partial charge in [0, 0.05) is 29.7 Å². The topological polar surface area (TPSA) is 26.2 Å². The fraction of sp³-hybridized carbons (Fsp3) is 0.385. The van der Waals surface area contributed by atoms with Gasteiger partial charge in [0.1, 0.15) is 5.75 Å². The maximum absolute atomic E-state index is 5.21. The molecule has 1 aromatic heterocycles. The molecule has 1 aromatic carbocycles. The number of ether oxygens (including phenoxy) is 1. The minimum Gasteiger partial charge on any atom is -0.497 e. The third-order valence-corrected chi connectivity index (χ3v) is 2.94. The number of benzene rings is 1. The first-order valence-corrected chi connectivity index (χ1v) is 5.54. The van der Waals surface area contributed by atoms with Crippen molar-refractivity contribution in [3.63, 3.8) is 0 Å². The summed E-state index contributed by atoms with van der Waals surface area (Å²) in [5.74, 6) is 0.909. The third kappa shape index (κ3) is 2.04. The smallest absolute Gasteiger partial charge is 0.119 e. The van der Waals surface area contributed by atoms with Gasteiger partial charge in [0.2, 0.25) is 0 Å².